The minimum atomic E-state index is 0.303. The van der Waals surface area contributed by atoms with Crippen LogP contribution in [0.15, 0.2) is 12.1 Å². The fourth-order valence-corrected chi connectivity index (χ4v) is 1.18. The molecule has 1 heterocycles. The van der Waals surface area contributed by atoms with Gasteiger partial charge in [-0.05, 0) is 25.0 Å². The van der Waals surface area contributed by atoms with Gasteiger partial charge in [-0.15, -0.1) is 5.10 Å². The van der Waals surface area contributed by atoms with Crippen molar-refractivity contribution in [3.63, 3.8) is 0 Å². The Hall–Kier alpha value is -0.630. The molecule has 0 unspecified atom stereocenters. The zero-order valence-corrected chi connectivity index (χ0v) is 7.10. The van der Waals surface area contributed by atoms with Crippen LogP contribution in [-0.4, -0.2) is 10.2 Å². The van der Waals surface area contributed by atoms with Gasteiger partial charge in [0.05, 0.1) is 5.69 Å². The van der Waals surface area contributed by atoms with E-state index in [0.717, 1.165) is 5.69 Å². The van der Waals surface area contributed by atoms with Crippen LogP contribution in [-0.2, 0) is 5.41 Å². The lowest BCUT2D eigenvalue weighted by Crippen LogP contribution is -2.03. The number of rotatable bonds is 1. The Kier molecular flexibility index (Phi) is 1.39. The van der Waals surface area contributed by atoms with E-state index in [1.165, 1.54) is 12.8 Å². The van der Waals surface area contributed by atoms with Crippen molar-refractivity contribution in [3.8, 4) is 0 Å². The lowest BCUT2D eigenvalue weighted by atomic mass is 10.1. The van der Waals surface area contributed by atoms with Gasteiger partial charge in [-0.1, -0.05) is 18.5 Å². The summed E-state index contributed by atoms with van der Waals surface area (Å²) in [6.07, 6.45) is 2.45. The Morgan fingerprint density at radius 3 is 2.55 bits per heavy atom. The zero-order chi connectivity index (χ0) is 7.90. The first-order valence-corrected chi connectivity index (χ1v) is 4.08. The standard InChI is InChI=1S/C8H9ClN2/c1-8(4-5-8)6-2-3-7(9)11-10-6/h2-3H,4-5H2,1H3. The van der Waals surface area contributed by atoms with Gasteiger partial charge in [-0.25, -0.2) is 0 Å². The second kappa shape index (κ2) is 2.18. The highest BCUT2D eigenvalue weighted by atomic mass is 35.5. The van der Waals surface area contributed by atoms with Gasteiger partial charge in [0.25, 0.3) is 0 Å². The van der Waals surface area contributed by atoms with Crippen molar-refractivity contribution >= 4 is 11.6 Å². The second-order valence-corrected chi connectivity index (χ2v) is 3.69. The Bertz CT molecular complexity index is 264. The third kappa shape index (κ3) is 1.23. The molecule has 0 aromatic carbocycles. The van der Waals surface area contributed by atoms with Gasteiger partial charge >= 0.3 is 0 Å². The van der Waals surface area contributed by atoms with Crippen LogP contribution < -0.4 is 0 Å². The van der Waals surface area contributed by atoms with Crippen molar-refractivity contribution in [3.05, 3.63) is 23.0 Å². The van der Waals surface area contributed by atoms with Gasteiger partial charge in [0.15, 0.2) is 5.15 Å². The lowest BCUT2D eigenvalue weighted by Gasteiger charge is -2.04. The third-order valence-corrected chi connectivity index (χ3v) is 2.45. The van der Waals surface area contributed by atoms with Crippen molar-refractivity contribution in [1.82, 2.24) is 10.2 Å². The Balaban J connectivity index is 2.33. The Morgan fingerprint density at radius 2 is 2.09 bits per heavy atom. The molecule has 0 N–H and O–H groups in total. The highest BCUT2D eigenvalue weighted by Crippen LogP contribution is 2.46. The van der Waals surface area contributed by atoms with Crippen LogP contribution in [0.3, 0.4) is 0 Å². The summed E-state index contributed by atoms with van der Waals surface area (Å²) in [4.78, 5) is 0. The van der Waals surface area contributed by atoms with E-state index in [0.29, 0.717) is 10.6 Å². The molecular formula is C8H9ClN2. The molecule has 0 aliphatic heterocycles. The maximum Gasteiger partial charge on any atom is 0.151 e. The average molecular weight is 169 g/mol. The fourth-order valence-electron chi connectivity index (χ4n) is 1.08. The van der Waals surface area contributed by atoms with E-state index < -0.39 is 0 Å². The molecule has 2 rings (SSSR count). The largest absolute Gasteiger partial charge is 0.154 e. The molecule has 58 valence electrons. The number of hydrogen-bond donors (Lipinski definition) is 0. The highest BCUT2D eigenvalue weighted by molar-refractivity contribution is 6.29. The van der Waals surface area contributed by atoms with Gasteiger partial charge in [-0.3, -0.25) is 0 Å². The Morgan fingerprint density at radius 1 is 1.36 bits per heavy atom. The molecule has 0 radical (unpaired) electrons. The molecule has 0 saturated heterocycles. The number of nitrogens with zero attached hydrogens (tertiary/aromatic N) is 2. The summed E-state index contributed by atoms with van der Waals surface area (Å²) in [7, 11) is 0. The van der Waals surface area contributed by atoms with Gasteiger partial charge < -0.3 is 0 Å². The SMILES string of the molecule is CC1(c2ccc(Cl)nn2)CC1. The summed E-state index contributed by atoms with van der Waals surface area (Å²) in [6.45, 7) is 2.20. The summed E-state index contributed by atoms with van der Waals surface area (Å²) < 4.78 is 0. The zero-order valence-electron chi connectivity index (χ0n) is 6.34. The van der Waals surface area contributed by atoms with Crippen LogP contribution in [0.2, 0.25) is 5.15 Å². The summed E-state index contributed by atoms with van der Waals surface area (Å²) in [5.74, 6) is 0. The first-order chi connectivity index (χ1) is 5.21. The second-order valence-electron chi connectivity index (χ2n) is 3.30. The first-order valence-electron chi connectivity index (χ1n) is 3.70. The molecule has 1 aromatic heterocycles. The van der Waals surface area contributed by atoms with Crippen LogP contribution in [0.4, 0.5) is 0 Å². The number of aromatic nitrogens is 2. The third-order valence-electron chi connectivity index (χ3n) is 2.25. The molecule has 1 aliphatic rings. The van der Waals surface area contributed by atoms with Gasteiger partial charge in [0, 0.05) is 5.41 Å². The van der Waals surface area contributed by atoms with Crippen LogP contribution in [0.5, 0.6) is 0 Å². The van der Waals surface area contributed by atoms with Crippen molar-refractivity contribution in [1.29, 1.82) is 0 Å². The molecule has 0 amide bonds. The smallest absolute Gasteiger partial charge is 0.151 e. The maximum atomic E-state index is 5.61. The summed E-state index contributed by atoms with van der Waals surface area (Å²) in [6, 6.07) is 3.76. The molecule has 1 aromatic rings. The Labute approximate surface area is 70.6 Å². The fraction of sp³-hybridized carbons (Fsp3) is 0.500. The minimum Gasteiger partial charge on any atom is -0.154 e. The molecule has 1 saturated carbocycles. The number of halogens is 1. The van der Waals surface area contributed by atoms with Crippen molar-refractivity contribution in [2.75, 3.05) is 0 Å². The lowest BCUT2D eigenvalue weighted by molar-refractivity contribution is 0.723. The maximum absolute atomic E-state index is 5.61. The molecule has 0 atom stereocenters. The highest BCUT2D eigenvalue weighted by Gasteiger charge is 2.40. The molecule has 11 heavy (non-hydrogen) atoms. The van der Waals surface area contributed by atoms with E-state index in [9.17, 15) is 0 Å². The normalized spacial score (nSPS) is 19.8. The van der Waals surface area contributed by atoms with E-state index in [4.69, 9.17) is 11.6 Å². The van der Waals surface area contributed by atoms with E-state index in [1.807, 2.05) is 6.07 Å². The van der Waals surface area contributed by atoms with E-state index in [-0.39, 0.29) is 0 Å². The quantitative estimate of drug-likeness (QED) is 0.643. The van der Waals surface area contributed by atoms with Crippen LogP contribution in [0, 0.1) is 0 Å². The van der Waals surface area contributed by atoms with Gasteiger partial charge in [0.1, 0.15) is 0 Å². The molecule has 0 spiro atoms. The summed E-state index contributed by atoms with van der Waals surface area (Å²) in [5, 5.41) is 8.30. The predicted octanol–water partition coefficient (Wildman–Crippen LogP) is 2.18. The first kappa shape index (κ1) is 7.04. The van der Waals surface area contributed by atoms with Crippen LogP contribution >= 0.6 is 11.6 Å². The van der Waals surface area contributed by atoms with E-state index in [1.54, 1.807) is 6.07 Å². The molecule has 2 nitrogen and oxygen atoms in total. The average Bonchev–Trinajstić information content (AvgIpc) is 2.70. The monoisotopic (exact) mass is 168 g/mol. The van der Waals surface area contributed by atoms with Gasteiger partial charge in [-0.2, -0.15) is 5.10 Å². The summed E-state index contributed by atoms with van der Waals surface area (Å²) >= 11 is 5.61. The van der Waals surface area contributed by atoms with Crippen LogP contribution in [0.25, 0.3) is 0 Å². The van der Waals surface area contributed by atoms with Crippen molar-refractivity contribution in [2.45, 2.75) is 25.2 Å². The molecular weight excluding hydrogens is 160 g/mol. The minimum absolute atomic E-state index is 0.303. The molecule has 1 aliphatic carbocycles. The van der Waals surface area contributed by atoms with E-state index >= 15 is 0 Å². The van der Waals surface area contributed by atoms with Gasteiger partial charge in [0.2, 0.25) is 0 Å². The molecule has 1 fully saturated rings. The van der Waals surface area contributed by atoms with Crippen LogP contribution in [0.1, 0.15) is 25.5 Å². The number of hydrogen-bond acceptors (Lipinski definition) is 2. The predicted molar refractivity (Wildman–Crippen MR) is 43.6 cm³/mol. The topological polar surface area (TPSA) is 25.8 Å². The van der Waals surface area contributed by atoms with Crippen molar-refractivity contribution < 1.29 is 0 Å². The van der Waals surface area contributed by atoms with Crippen molar-refractivity contribution in [2.24, 2.45) is 0 Å². The summed E-state index contributed by atoms with van der Waals surface area (Å²) in [5.41, 5.74) is 1.37. The molecule has 3 heteroatoms. The van der Waals surface area contributed by atoms with E-state index in [2.05, 4.69) is 17.1 Å². The molecule has 0 bridgehead atoms.